The van der Waals surface area contributed by atoms with Gasteiger partial charge in [0.05, 0.1) is 5.60 Å². The summed E-state index contributed by atoms with van der Waals surface area (Å²) in [6, 6.07) is 7.14. The van der Waals surface area contributed by atoms with E-state index in [1.54, 1.807) is 24.3 Å². The highest BCUT2D eigenvalue weighted by Crippen LogP contribution is 2.21. The molecule has 0 aliphatic carbocycles. The number of rotatable bonds is 4. The lowest BCUT2D eigenvalue weighted by molar-refractivity contribution is -0.116. The van der Waals surface area contributed by atoms with Gasteiger partial charge in [-0.15, -0.1) is 0 Å². The maximum Gasteiger partial charge on any atom is 0.225 e. The monoisotopic (exact) mass is 291 g/mol. The van der Waals surface area contributed by atoms with Gasteiger partial charge in [0.2, 0.25) is 5.91 Å². The zero-order valence-electron chi connectivity index (χ0n) is 12.6. The van der Waals surface area contributed by atoms with Gasteiger partial charge in [0.15, 0.2) is 0 Å². The second kappa shape index (κ2) is 6.91. The van der Waals surface area contributed by atoms with Crippen LogP contribution in [0.4, 0.5) is 11.4 Å². The van der Waals surface area contributed by atoms with Crippen molar-refractivity contribution in [3.63, 3.8) is 0 Å². The highest BCUT2D eigenvalue weighted by atomic mass is 16.3. The third kappa shape index (κ3) is 5.36. The number of nitrogen functional groups attached to an aromatic ring is 1. The SMILES string of the molecule is CC1(O)CCCN(CCC(=O)Nc2ccc(N)cc2)CC1. The van der Waals surface area contributed by atoms with Crippen molar-refractivity contribution in [3.05, 3.63) is 24.3 Å². The molecular formula is C16H25N3O2. The Labute approximate surface area is 126 Å². The van der Waals surface area contributed by atoms with Gasteiger partial charge in [-0.05, 0) is 57.0 Å². The molecule has 0 spiro atoms. The molecule has 1 aromatic rings. The van der Waals surface area contributed by atoms with Crippen molar-refractivity contribution < 1.29 is 9.90 Å². The fourth-order valence-electron chi connectivity index (χ4n) is 2.59. The number of amides is 1. The number of hydrogen-bond donors (Lipinski definition) is 3. The highest BCUT2D eigenvalue weighted by Gasteiger charge is 2.24. The van der Waals surface area contributed by atoms with E-state index in [9.17, 15) is 9.90 Å². The van der Waals surface area contributed by atoms with E-state index in [2.05, 4.69) is 10.2 Å². The molecule has 116 valence electrons. The molecule has 0 radical (unpaired) electrons. The van der Waals surface area contributed by atoms with Crippen molar-refractivity contribution >= 4 is 17.3 Å². The lowest BCUT2D eigenvalue weighted by atomic mass is 9.98. The van der Waals surface area contributed by atoms with Crippen LogP contribution in [0.5, 0.6) is 0 Å². The van der Waals surface area contributed by atoms with Crippen LogP contribution in [-0.2, 0) is 4.79 Å². The average Bonchev–Trinajstić information content (AvgIpc) is 2.60. The number of nitrogens with zero attached hydrogens (tertiary/aromatic N) is 1. The molecule has 1 aliphatic rings. The summed E-state index contributed by atoms with van der Waals surface area (Å²) in [7, 11) is 0. The topological polar surface area (TPSA) is 78.6 Å². The molecule has 4 N–H and O–H groups in total. The molecule has 1 aromatic carbocycles. The minimum absolute atomic E-state index is 0.00998. The van der Waals surface area contributed by atoms with E-state index in [4.69, 9.17) is 5.73 Å². The van der Waals surface area contributed by atoms with E-state index >= 15 is 0 Å². The van der Waals surface area contributed by atoms with Gasteiger partial charge in [-0.25, -0.2) is 0 Å². The molecule has 5 heteroatoms. The van der Waals surface area contributed by atoms with Crippen LogP contribution in [0.3, 0.4) is 0 Å². The van der Waals surface area contributed by atoms with Crippen molar-refractivity contribution in [2.75, 3.05) is 30.7 Å². The zero-order chi connectivity index (χ0) is 15.3. The van der Waals surface area contributed by atoms with E-state index in [1.807, 2.05) is 6.92 Å². The molecule has 0 bridgehead atoms. The lowest BCUT2D eigenvalue weighted by Crippen LogP contribution is -2.30. The number of likely N-dealkylation sites (tertiary alicyclic amines) is 1. The first-order valence-electron chi connectivity index (χ1n) is 7.55. The summed E-state index contributed by atoms with van der Waals surface area (Å²) in [4.78, 5) is 14.2. The largest absolute Gasteiger partial charge is 0.399 e. The van der Waals surface area contributed by atoms with Crippen LogP contribution in [0.25, 0.3) is 0 Å². The van der Waals surface area contributed by atoms with Gasteiger partial charge >= 0.3 is 0 Å². The second-order valence-corrected chi connectivity index (χ2v) is 6.11. The fourth-order valence-corrected chi connectivity index (χ4v) is 2.59. The molecule has 1 fully saturated rings. The van der Waals surface area contributed by atoms with E-state index < -0.39 is 5.60 Å². The predicted octanol–water partition coefficient (Wildman–Crippen LogP) is 1.83. The fraction of sp³-hybridized carbons (Fsp3) is 0.562. The van der Waals surface area contributed by atoms with Crippen molar-refractivity contribution in [3.8, 4) is 0 Å². The first-order chi connectivity index (χ1) is 9.94. The van der Waals surface area contributed by atoms with Crippen LogP contribution in [0.1, 0.15) is 32.6 Å². The number of carbonyl (C=O) groups excluding carboxylic acids is 1. The van der Waals surface area contributed by atoms with Gasteiger partial charge in [-0.1, -0.05) is 0 Å². The average molecular weight is 291 g/mol. The first-order valence-corrected chi connectivity index (χ1v) is 7.55. The standard InChI is InChI=1S/C16H25N3O2/c1-16(21)8-2-10-19(12-9-16)11-7-15(20)18-14-5-3-13(17)4-6-14/h3-6,21H,2,7-12,17H2,1H3,(H,18,20). The summed E-state index contributed by atoms with van der Waals surface area (Å²) in [5.41, 5.74) is 6.51. The number of carbonyl (C=O) groups is 1. The molecule has 1 amide bonds. The van der Waals surface area contributed by atoms with Crippen LogP contribution in [0.15, 0.2) is 24.3 Å². The Balaban J connectivity index is 1.75. The number of nitrogens with one attached hydrogen (secondary N) is 1. The number of anilines is 2. The van der Waals surface area contributed by atoms with Crippen LogP contribution < -0.4 is 11.1 Å². The van der Waals surface area contributed by atoms with Crippen molar-refractivity contribution in [1.82, 2.24) is 4.90 Å². The van der Waals surface area contributed by atoms with Crippen molar-refractivity contribution in [2.24, 2.45) is 0 Å². The number of benzene rings is 1. The number of aliphatic hydroxyl groups is 1. The number of nitrogens with two attached hydrogens (primary N) is 1. The van der Waals surface area contributed by atoms with E-state index in [-0.39, 0.29) is 5.91 Å². The van der Waals surface area contributed by atoms with Crippen molar-refractivity contribution in [2.45, 2.75) is 38.2 Å². The van der Waals surface area contributed by atoms with Crippen molar-refractivity contribution in [1.29, 1.82) is 0 Å². The van der Waals surface area contributed by atoms with Gasteiger partial charge in [-0.2, -0.15) is 0 Å². The minimum Gasteiger partial charge on any atom is -0.399 e. The Morgan fingerprint density at radius 3 is 2.76 bits per heavy atom. The molecule has 1 atom stereocenters. The van der Waals surface area contributed by atoms with E-state index in [0.29, 0.717) is 12.1 Å². The Morgan fingerprint density at radius 1 is 1.33 bits per heavy atom. The summed E-state index contributed by atoms with van der Waals surface area (Å²) < 4.78 is 0. The van der Waals surface area contributed by atoms with E-state index in [1.165, 1.54) is 0 Å². The second-order valence-electron chi connectivity index (χ2n) is 6.11. The molecule has 5 nitrogen and oxygen atoms in total. The molecule has 21 heavy (non-hydrogen) atoms. The molecule has 1 saturated heterocycles. The highest BCUT2D eigenvalue weighted by molar-refractivity contribution is 5.90. The summed E-state index contributed by atoms with van der Waals surface area (Å²) in [5, 5.41) is 12.9. The van der Waals surface area contributed by atoms with Crippen LogP contribution in [-0.4, -0.2) is 41.1 Å². The minimum atomic E-state index is -0.555. The summed E-state index contributed by atoms with van der Waals surface area (Å²) in [6.45, 7) is 4.43. The maximum atomic E-state index is 11.9. The molecule has 1 heterocycles. The normalized spacial score (nSPS) is 23.5. The quantitative estimate of drug-likeness (QED) is 0.740. The zero-order valence-corrected chi connectivity index (χ0v) is 12.6. The molecule has 1 aliphatic heterocycles. The van der Waals surface area contributed by atoms with Gasteiger partial charge < -0.3 is 21.1 Å². The first kappa shape index (κ1) is 15.8. The van der Waals surface area contributed by atoms with Gasteiger partial charge in [-0.3, -0.25) is 4.79 Å². The Morgan fingerprint density at radius 2 is 2.05 bits per heavy atom. The van der Waals surface area contributed by atoms with Gasteiger partial charge in [0.25, 0.3) is 0 Å². The summed E-state index contributed by atoms with van der Waals surface area (Å²) in [5.74, 6) is 0.00998. The predicted molar refractivity (Wildman–Crippen MR) is 85.0 cm³/mol. The Hall–Kier alpha value is -1.59. The number of hydrogen-bond acceptors (Lipinski definition) is 4. The molecule has 2 rings (SSSR count). The molecule has 0 aromatic heterocycles. The van der Waals surface area contributed by atoms with Gasteiger partial charge in [0, 0.05) is 30.9 Å². The Bertz CT molecular complexity index is 471. The van der Waals surface area contributed by atoms with Crippen LogP contribution >= 0.6 is 0 Å². The Kier molecular flexibility index (Phi) is 5.20. The smallest absolute Gasteiger partial charge is 0.225 e. The summed E-state index contributed by atoms with van der Waals surface area (Å²) >= 11 is 0. The van der Waals surface area contributed by atoms with Gasteiger partial charge in [0.1, 0.15) is 0 Å². The molecular weight excluding hydrogens is 266 g/mol. The van der Waals surface area contributed by atoms with Crippen LogP contribution in [0.2, 0.25) is 0 Å². The third-order valence-corrected chi connectivity index (χ3v) is 4.01. The lowest BCUT2D eigenvalue weighted by Gasteiger charge is -2.22. The molecule has 1 unspecified atom stereocenters. The maximum absolute atomic E-state index is 11.9. The summed E-state index contributed by atoms with van der Waals surface area (Å²) in [6.07, 6.45) is 3.05. The van der Waals surface area contributed by atoms with Crippen LogP contribution in [0, 0.1) is 0 Å². The van der Waals surface area contributed by atoms with E-state index in [0.717, 1.165) is 44.6 Å². The third-order valence-electron chi connectivity index (χ3n) is 4.01. The molecule has 0 saturated carbocycles.